The van der Waals surface area contributed by atoms with E-state index in [9.17, 15) is 19.5 Å². The third kappa shape index (κ3) is 9.93. The van der Waals surface area contributed by atoms with Crippen molar-refractivity contribution in [1.29, 1.82) is 0 Å². The number of aliphatic hydroxyl groups is 1. The lowest BCUT2D eigenvalue weighted by molar-refractivity contribution is -0.120. The van der Waals surface area contributed by atoms with Gasteiger partial charge in [-0.3, -0.25) is 24.5 Å². The fraction of sp³-hybridized carbons (Fsp3) is 0.500. The number of rotatable bonds is 15. The molecule has 73 heavy (non-hydrogen) atoms. The normalized spacial score (nSPS) is 23.9. The lowest BCUT2D eigenvalue weighted by Gasteiger charge is -2.43. The molecule has 5 aliphatic rings. The Hall–Kier alpha value is -5.65. The van der Waals surface area contributed by atoms with Gasteiger partial charge in [0.2, 0.25) is 11.8 Å². The molecule has 0 radical (unpaired) electrons. The molecule has 14 nitrogen and oxygen atoms in total. The molecule has 0 bridgehead atoms. The monoisotopic (exact) mass is 1020 g/mol. The van der Waals surface area contributed by atoms with Crippen molar-refractivity contribution in [1.82, 2.24) is 30.2 Å². The number of nitrogens with two attached hydrogens (primary N) is 1. The Labute approximate surface area is 430 Å². The predicted octanol–water partition coefficient (Wildman–Crippen LogP) is 8.61. The molecular formula is C56H67ClF2N8O6. The Bertz CT molecular complexity index is 2860. The number of primary amides is 1. The fourth-order valence-electron chi connectivity index (χ4n) is 12.7. The number of piperidine rings is 2. The van der Waals surface area contributed by atoms with Crippen molar-refractivity contribution >= 4 is 46.2 Å². The summed E-state index contributed by atoms with van der Waals surface area (Å²) in [6, 6.07) is 20.4. The molecule has 4 amide bonds. The van der Waals surface area contributed by atoms with Gasteiger partial charge in [-0.15, -0.1) is 0 Å². The second-order valence-corrected chi connectivity index (χ2v) is 21.4. The van der Waals surface area contributed by atoms with Gasteiger partial charge in [-0.05, 0) is 138 Å². The largest absolute Gasteiger partial charge is 0.488 e. The number of hydrogen-bond acceptors (Lipinski definition) is 10. The number of anilines is 1. The van der Waals surface area contributed by atoms with E-state index in [1.807, 2.05) is 49.0 Å². The molecular weight excluding hydrogens is 954 g/mol. The van der Waals surface area contributed by atoms with Crippen molar-refractivity contribution in [3.05, 3.63) is 106 Å². The number of amides is 4. The summed E-state index contributed by atoms with van der Waals surface area (Å²) in [6.45, 7) is 10.1. The highest BCUT2D eigenvalue weighted by molar-refractivity contribution is 6.34. The average Bonchev–Trinajstić information content (AvgIpc) is 3.88. The Morgan fingerprint density at radius 3 is 2.41 bits per heavy atom. The number of fused-ring (bicyclic) bond motifs is 2. The van der Waals surface area contributed by atoms with E-state index in [2.05, 4.69) is 50.7 Å². The van der Waals surface area contributed by atoms with E-state index in [4.69, 9.17) is 26.8 Å². The summed E-state index contributed by atoms with van der Waals surface area (Å²) in [5.74, 6) is -1.10. The number of urea groups is 1. The molecule has 0 unspecified atom stereocenters. The highest BCUT2D eigenvalue weighted by Gasteiger charge is 2.50. The number of imide groups is 1. The number of aromatic nitrogens is 2. The second-order valence-electron chi connectivity index (χ2n) is 21.0. The summed E-state index contributed by atoms with van der Waals surface area (Å²) >= 11 is 6.75. The van der Waals surface area contributed by atoms with Crippen LogP contribution in [0.5, 0.6) is 11.5 Å². The lowest BCUT2D eigenvalue weighted by Crippen LogP contribution is -2.49. The number of halogens is 3. The zero-order valence-corrected chi connectivity index (χ0v) is 42.7. The van der Waals surface area contributed by atoms with Crippen LogP contribution in [0.3, 0.4) is 0 Å². The summed E-state index contributed by atoms with van der Waals surface area (Å²) in [5.41, 5.74) is 7.92. The highest BCUT2D eigenvalue weighted by atomic mass is 35.5. The van der Waals surface area contributed by atoms with Crippen LogP contribution in [-0.4, -0.2) is 114 Å². The maximum absolute atomic E-state index is 16.5. The first kappa shape index (κ1) is 50.9. The third-order valence-electron chi connectivity index (χ3n) is 17.0. The number of carbonyl (C=O) groups excluding carboxylic acids is 3. The van der Waals surface area contributed by atoms with Gasteiger partial charge >= 0.3 is 6.03 Å². The third-order valence-corrected chi connectivity index (χ3v) is 17.3. The van der Waals surface area contributed by atoms with Crippen LogP contribution in [0.2, 0.25) is 5.02 Å². The van der Waals surface area contributed by atoms with E-state index in [0.29, 0.717) is 48.3 Å². The Morgan fingerprint density at radius 1 is 0.973 bits per heavy atom. The van der Waals surface area contributed by atoms with Crippen molar-refractivity contribution < 1.29 is 37.7 Å². The number of nitrogens with zero attached hydrogens (tertiary/aromatic N) is 5. The van der Waals surface area contributed by atoms with Gasteiger partial charge in [0.15, 0.2) is 23.0 Å². The minimum Gasteiger partial charge on any atom is -0.488 e. The molecule has 4 fully saturated rings. The van der Waals surface area contributed by atoms with Crippen LogP contribution < -0.4 is 30.7 Å². The van der Waals surface area contributed by atoms with E-state index in [1.54, 1.807) is 4.90 Å². The van der Waals surface area contributed by atoms with E-state index in [0.717, 1.165) is 87.7 Å². The fourth-order valence-corrected chi connectivity index (χ4v) is 13.0. The first-order valence-corrected chi connectivity index (χ1v) is 26.5. The van der Waals surface area contributed by atoms with Crippen molar-refractivity contribution in [3.8, 4) is 22.6 Å². The number of ether oxygens (including phenoxy) is 2. The molecule has 0 spiro atoms. The molecule has 4 aliphatic heterocycles. The van der Waals surface area contributed by atoms with Crippen molar-refractivity contribution in [2.45, 2.75) is 101 Å². The molecule has 10 rings (SSSR count). The van der Waals surface area contributed by atoms with Crippen LogP contribution in [0.15, 0.2) is 66.7 Å². The second kappa shape index (κ2) is 21.3. The molecule has 3 saturated heterocycles. The van der Waals surface area contributed by atoms with E-state index < -0.39 is 35.1 Å². The zero-order chi connectivity index (χ0) is 51.1. The lowest BCUT2D eigenvalue weighted by atomic mass is 9.76. The van der Waals surface area contributed by atoms with Crippen LogP contribution in [-0.2, 0) is 17.4 Å². The summed E-state index contributed by atoms with van der Waals surface area (Å²) < 4.78 is 46.6. The summed E-state index contributed by atoms with van der Waals surface area (Å²) in [6.07, 6.45) is 9.12. The van der Waals surface area contributed by atoms with Gasteiger partial charge in [-0.25, -0.2) is 13.6 Å². The maximum Gasteiger partial charge on any atom is 0.329 e. The van der Waals surface area contributed by atoms with Gasteiger partial charge in [-0.2, -0.15) is 5.10 Å². The minimum absolute atomic E-state index is 0.0115. The molecule has 5 aromatic rings. The molecule has 17 heteroatoms. The van der Waals surface area contributed by atoms with Crippen LogP contribution in [0.1, 0.15) is 111 Å². The molecule has 3 atom stereocenters. The van der Waals surface area contributed by atoms with Crippen molar-refractivity contribution in [2.24, 2.45) is 24.6 Å². The van der Waals surface area contributed by atoms with Crippen molar-refractivity contribution in [2.75, 3.05) is 63.9 Å². The first-order chi connectivity index (χ1) is 35.2. The Balaban J connectivity index is 0.730. The van der Waals surface area contributed by atoms with Gasteiger partial charge in [0.25, 0.3) is 0 Å². The number of aryl methyl sites for hydroxylation is 1. The minimum atomic E-state index is -1.03. The molecule has 5 N–H and O–H groups in total. The van der Waals surface area contributed by atoms with E-state index >= 15 is 8.78 Å². The first-order valence-electron chi connectivity index (χ1n) is 26.1. The maximum atomic E-state index is 16.5. The quantitative estimate of drug-likeness (QED) is 0.0798. The standard InChI is InChI=1S/C56H67ClF2N8O6/c1-33-48-46(30-43(58)51(57)50(48)49-42(53(60)70)15-16-45(52(49)59)72-28-27-68)73-56(33,39-7-5-4-6-8-39)32-61-40-12-9-36(10-13-40)34(2)66-24-17-35(18-25-66)31-65-22-19-37(20-23-65)38-11-14-41-44(29-38)64(3)63-54(41)67-26-21-47(69)62-55(67)71/h4-8,11,14-16,29-30,33-37,40,61,68H,9-10,12-13,17-28,31-32H2,1-3H3,(H2,60,70)(H,62,69,71)/t33-,34-,36?,40?,56-/m0/s1. The van der Waals surface area contributed by atoms with Gasteiger partial charge in [0.1, 0.15) is 18.2 Å². The van der Waals surface area contributed by atoms with E-state index in [1.165, 1.54) is 36.6 Å². The van der Waals surface area contributed by atoms with Crippen LogP contribution >= 0.6 is 11.6 Å². The zero-order valence-electron chi connectivity index (χ0n) is 42.0. The topological polar surface area (TPSA) is 168 Å². The molecule has 5 heterocycles. The summed E-state index contributed by atoms with van der Waals surface area (Å²) in [7, 11) is 1.91. The molecule has 388 valence electrons. The summed E-state index contributed by atoms with van der Waals surface area (Å²) in [5, 5.41) is 20.9. The molecule has 1 aromatic heterocycles. The average molecular weight is 1020 g/mol. The number of likely N-dealkylation sites (tertiary alicyclic amines) is 2. The number of aliphatic hydroxyl groups excluding tert-OH is 1. The van der Waals surface area contributed by atoms with E-state index in [-0.39, 0.29) is 64.8 Å². The van der Waals surface area contributed by atoms with Gasteiger partial charge < -0.3 is 35.4 Å². The Morgan fingerprint density at radius 2 is 1.71 bits per heavy atom. The smallest absolute Gasteiger partial charge is 0.329 e. The molecule has 4 aromatic carbocycles. The number of carbonyl (C=O) groups is 3. The SMILES string of the molecule is C[C@@H](C1CCC(NC[C@]2(c3ccccc3)Oc3cc(F)c(Cl)c(-c4c(C(N)=O)ccc(OCCO)c4F)c3[C@@H]2C)CC1)N1CCC(CN2CCC(c3ccc4c(N5CCC(=O)NC5=O)nn(C)c4c3)CC2)CC1. The Kier molecular flexibility index (Phi) is 14.8. The number of nitrogens with one attached hydrogen (secondary N) is 2. The number of benzene rings is 4. The van der Waals surface area contributed by atoms with Crippen molar-refractivity contribution in [3.63, 3.8) is 0 Å². The predicted molar refractivity (Wildman–Crippen MR) is 277 cm³/mol. The van der Waals surface area contributed by atoms with Gasteiger partial charge in [0.05, 0.1) is 22.7 Å². The molecule has 1 aliphatic carbocycles. The van der Waals surface area contributed by atoms with Crippen LogP contribution in [0.25, 0.3) is 22.0 Å². The summed E-state index contributed by atoms with van der Waals surface area (Å²) in [4.78, 5) is 44.1. The van der Waals surface area contributed by atoms with Gasteiger partial charge in [-0.1, -0.05) is 54.9 Å². The number of hydrogen-bond donors (Lipinski definition) is 4. The van der Waals surface area contributed by atoms with Crippen LogP contribution in [0.4, 0.5) is 19.4 Å². The van der Waals surface area contributed by atoms with Crippen LogP contribution in [0, 0.1) is 23.5 Å². The highest BCUT2D eigenvalue weighted by Crippen LogP contribution is 2.56. The van der Waals surface area contributed by atoms with Gasteiger partial charge in [0, 0.05) is 79.2 Å². The molecule has 1 saturated carbocycles.